The number of benzene rings is 3. The number of nitrogens with one attached hydrogen (secondary N) is 1. The first-order valence-corrected chi connectivity index (χ1v) is 8.77. The molecule has 1 atom stereocenters. The summed E-state index contributed by atoms with van der Waals surface area (Å²) in [6.45, 7) is 0.545. The van der Waals surface area contributed by atoms with Gasteiger partial charge in [0.1, 0.15) is 11.9 Å². The number of carbonyl (C=O) groups excluding carboxylic acids is 1. The zero-order chi connectivity index (χ0) is 17.1. The summed E-state index contributed by atoms with van der Waals surface area (Å²) in [7, 11) is 0. The Morgan fingerprint density at radius 2 is 1.80 bits per heavy atom. The van der Waals surface area contributed by atoms with E-state index in [0.29, 0.717) is 13.0 Å². The Bertz CT molecular complexity index is 898. The summed E-state index contributed by atoms with van der Waals surface area (Å²) in [5.41, 5.74) is 2.37. The van der Waals surface area contributed by atoms with Gasteiger partial charge in [0, 0.05) is 6.54 Å². The minimum Gasteiger partial charge on any atom is -0.490 e. The number of hydrogen-bond acceptors (Lipinski definition) is 2. The van der Waals surface area contributed by atoms with E-state index < -0.39 is 0 Å². The number of amides is 1. The third-order valence-electron chi connectivity index (χ3n) is 4.77. The molecule has 1 aliphatic rings. The fourth-order valence-electron chi connectivity index (χ4n) is 3.44. The molecule has 0 saturated heterocycles. The van der Waals surface area contributed by atoms with E-state index in [1.165, 1.54) is 16.3 Å². The Hall–Kier alpha value is -2.81. The third kappa shape index (κ3) is 3.50. The summed E-state index contributed by atoms with van der Waals surface area (Å²) in [5.74, 6) is 0.956. The first kappa shape index (κ1) is 15.7. The SMILES string of the molecule is O=C(CC1CCc2ccccc2O1)NCc1cccc2ccccc12. The number of para-hydroxylation sites is 1. The minimum absolute atomic E-state index is 0.0392. The van der Waals surface area contributed by atoms with Crippen molar-refractivity contribution >= 4 is 16.7 Å². The van der Waals surface area contributed by atoms with Gasteiger partial charge in [-0.15, -0.1) is 0 Å². The average molecular weight is 331 g/mol. The lowest BCUT2D eigenvalue weighted by atomic mass is 10.0. The third-order valence-corrected chi connectivity index (χ3v) is 4.77. The van der Waals surface area contributed by atoms with Crippen LogP contribution in [0.3, 0.4) is 0 Å². The normalized spacial score (nSPS) is 16.1. The fraction of sp³-hybridized carbons (Fsp3) is 0.227. The molecular weight excluding hydrogens is 310 g/mol. The van der Waals surface area contributed by atoms with Gasteiger partial charge in [-0.2, -0.15) is 0 Å². The van der Waals surface area contributed by atoms with Crippen LogP contribution in [-0.2, 0) is 17.8 Å². The van der Waals surface area contributed by atoms with E-state index >= 15 is 0 Å². The van der Waals surface area contributed by atoms with E-state index in [1.807, 2.05) is 36.4 Å². The molecule has 25 heavy (non-hydrogen) atoms. The predicted molar refractivity (Wildman–Crippen MR) is 99.6 cm³/mol. The fourth-order valence-corrected chi connectivity index (χ4v) is 3.44. The largest absolute Gasteiger partial charge is 0.490 e. The van der Waals surface area contributed by atoms with Gasteiger partial charge in [-0.25, -0.2) is 0 Å². The van der Waals surface area contributed by atoms with E-state index in [-0.39, 0.29) is 12.0 Å². The number of fused-ring (bicyclic) bond motifs is 2. The molecule has 3 heteroatoms. The van der Waals surface area contributed by atoms with Crippen molar-refractivity contribution < 1.29 is 9.53 Å². The molecule has 0 saturated carbocycles. The van der Waals surface area contributed by atoms with Crippen LogP contribution in [0.2, 0.25) is 0 Å². The summed E-state index contributed by atoms with van der Waals surface area (Å²) in [4.78, 5) is 12.3. The van der Waals surface area contributed by atoms with Crippen LogP contribution in [0.4, 0.5) is 0 Å². The van der Waals surface area contributed by atoms with Crippen molar-refractivity contribution in [1.82, 2.24) is 5.32 Å². The summed E-state index contributed by atoms with van der Waals surface area (Å²) >= 11 is 0. The lowest BCUT2D eigenvalue weighted by Gasteiger charge is -2.25. The van der Waals surface area contributed by atoms with Gasteiger partial charge < -0.3 is 10.1 Å². The second-order valence-electron chi connectivity index (χ2n) is 6.51. The summed E-state index contributed by atoms with van der Waals surface area (Å²) < 4.78 is 5.96. The highest BCUT2D eigenvalue weighted by Crippen LogP contribution is 2.28. The van der Waals surface area contributed by atoms with Crippen molar-refractivity contribution in [2.75, 3.05) is 0 Å². The summed E-state index contributed by atoms with van der Waals surface area (Å²) in [5, 5.41) is 5.43. The standard InChI is InChI=1S/C22H21NO2/c24-22(14-19-13-12-17-7-2-4-11-21(17)25-19)23-15-18-9-5-8-16-6-1-3-10-20(16)18/h1-11,19H,12-15H2,(H,23,24). The zero-order valence-corrected chi connectivity index (χ0v) is 14.1. The first-order valence-electron chi connectivity index (χ1n) is 8.77. The van der Waals surface area contributed by atoms with Gasteiger partial charge in [0.05, 0.1) is 6.42 Å². The van der Waals surface area contributed by atoms with Crippen LogP contribution in [0.1, 0.15) is 24.0 Å². The van der Waals surface area contributed by atoms with Crippen molar-refractivity contribution in [2.45, 2.75) is 31.9 Å². The molecule has 1 unspecified atom stereocenters. The number of ether oxygens (including phenoxy) is 1. The molecule has 3 aromatic carbocycles. The molecule has 1 heterocycles. The zero-order valence-electron chi connectivity index (χ0n) is 14.1. The van der Waals surface area contributed by atoms with Crippen LogP contribution in [-0.4, -0.2) is 12.0 Å². The number of hydrogen-bond donors (Lipinski definition) is 1. The minimum atomic E-state index is -0.0394. The van der Waals surface area contributed by atoms with Crippen LogP contribution in [0.25, 0.3) is 10.8 Å². The molecule has 1 aliphatic heterocycles. The predicted octanol–water partition coefficient (Wildman–Crippen LogP) is 4.24. The average Bonchev–Trinajstić information content (AvgIpc) is 2.66. The molecule has 1 amide bonds. The molecule has 3 aromatic rings. The van der Waals surface area contributed by atoms with E-state index in [2.05, 4.69) is 35.6 Å². The lowest BCUT2D eigenvalue weighted by molar-refractivity contribution is -0.123. The molecule has 0 fully saturated rings. The summed E-state index contributed by atoms with van der Waals surface area (Å²) in [6.07, 6.45) is 2.22. The molecule has 4 rings (SSSR count). The van der Waals surface area contributed by atoms with Crippen molar-refractivity contribution in [2.24, 2.45) is 0 Å². The van der Waals surface area contributed by atoms with Crippen molar-refractivity contribution in [1.29, 1.82) is 0 Å². The Morgan fingerprint density at radius 1 is 1.00 bits per heavy atom. The van der Waals surface area contributed by atoms with Crippen molar-refractivity contribution in [3.05, 3.63) is 77.9 Å². The highest BCUT2D eigenvalue weighted by molar-refractivity contribution is 5.86. The van der Waals surface area contributed by atoms with Gasteiger partial charge in [0.15, 0.2) is 0 Å². The van der Waals surface area contributed by atoms with Gasteiger partial charge in [-0.1, -0.05) is 60.7 Å². The van der Waals surface area contributed by atoms with E-state index in [1.54, 1.807) is 0 Å². The second-order valence-corrected chi connectivity index (χ2v) is 6.51. The lowest BCUT2D eigenvalue weighted by Crippen LogP contribution is -2.31. The Kier molecular flexibility index (Phi) is 4.38. The van der Waals surface area contributed by atoms with Crippen LogP contribution in [0.5, 0.6) is 5.75 Å². The summed E-state index contributed by atoms with van der Waals surface area (Å²) in [6, 6.07) is 22.5. The van der Waals surface area contributed by atoms with E-state index in [0.717, 1.165) is 24.2 Å². The van der Waals surface area contributed by atoms with Crippen LogP contribution < -0.4 is 10.1 Å². The smallest absolute Gasteiger partial charge is 0.223 e. The van der Waals surface area contributed by atoms with Gasteiger partial charge in [0.2, 0.25) is 5.91 Å². The van der Waals surface area contributed by atoms with Gasteiger partial charge >= 0.3 is 0 Å². The van der Waals surface area contributed by atoms with Gasteiger partial charge in [-0.3, -0.25) is 4.79 Å². The second kappa shape index (κ2) is 6.98. The highest BCUT2D eigenvalue weighted by Gasteiger charge is 2.21. The molecule has 0 aliphatic carbocycles. The van der Waals surface area contributed by atoms with Gasteiger partial charge in [-0.05, 0) is 40.8 Å². The van der Waals surface area contributed by atoms with Crippen molar-refractivity contribution in [3.63, 3.8) is 0 Å². The highest BCUT2D eigenvalue weighted by atomic mass is 16.5. The Labute approximate surface area is 147 Å². The maximum absolute atomic E-state index is 12.3. The molecule has 0 radical (unpaired) electrons. The molecule has 126 valence electrons. The monoisotopic (exact) mass is 331 g/mol. The molecule has 0 spiro atoms. The van der Waals surface area contributed by atoms with E-state index in [9.17, 15) is 4.79 Å². The topological polar surface area (TPSA) is 38.3 Å². The number of aryl methyl sites for hydroxylation is 1. The van der Waals surface area contributed by atoms with Crippen molar-refractivity contribution in [3.8, 4) is 5.75 Å². The molecule has 1 N–H and O–H groups in total. The Morgan fingerprint density at radius 3 is 2.76 bits per heavy atom. The Balaban J connectivity index is 1.37. The van der Waals surface area contributed by atoms with Gasteiger partial charge in [0.25, 0.3) is 0 Å². The van der Waals surface area contributed by atoms with Crippen LogP contribution in [0.15, 0.2) is 66.7 Å². The molecule has 3 nitrogen and oxygen atoms in total. The maximum Gasteiger partial charge on any atom is 0.223 e. The molecule has 0 bridgehead atoms. The van der Waals surface area contributed by atoms with E-state index in [4.69, 9.17) is 4.74 Å². The van der Waals surface area contributed by atoms with Crippen LogP contribution >= 0.6 is 0 Å². The number of carbonyl (C=O) groups is 1. The quantitative estimate of drug-likeness (QED) is 0.776. The molecular formula is C22H21NO2. The first-order chi connectivity index (χ1) is 12.3. The molecule has 0 aromatic heterocycles. The maximum atomic E-state index is 12.3. The van der Waals surface area contributed by atoms with Crippen LogP contribution in [0, 0.1) is 0 Å². The number of rotatable bonds is 4.